The van der Waals surface area contributed by atoms with Crippen LogP contribution in [0.15, 0.2) is 53.4 Å². The van der Waals surface area contributed by atoms with Gasteiger partial charge in [0.1, 0.15) is 12.4 Å². The number of hydrogen-bond donors (Lipinski definition) is 3. The van der Waals surface area contributed by atoms with E-state index in [2.05, 4.69) is 10.0 Å². The van der Waals surface area contributed by atoms with Gasteiger partial charge in [-0.05, 0) is 30.3 Å². The highest BCUT2D eigenvalue weighted by atomic mass is 32.2. The van der Waals surface area contributed by atoms with Gasteiger partial charge in [0, 0.05) is 25.9 Å². The molecule has 0 atom stereocenters. The summed E-state index contributed by atoms with van der Waals surface area (Å²) in [6.07, 6.45) is 0. The Morgan fingerprint density at radius 3 is 2.63 bits per heavy atom. The summed E-state index contributed by atoms with van der Waals surface area (Å²) in [5, 5.41) is 2.69. The van der Waals surface area contributed by atoms with Gasteiger partial charge in [0.2, 0.25) is 10.0 Å². The van der Waals surface area contributed by atoms with Crippen molar-refractivity contribution >= 4 is 21.6 Å². The van der Waals surface area contributed by atoms with Gasteiger partial charge >= 0.3 is 0 Å². The summed E-state index contributed by atoms with van der Waals surface area (Å²) in [7, 11) is -2.13. The zero-order chi connectivity index (χ0) is 19.7. The van der Waals surface area contributed by atoms with E-state index >= 15 is 0 Å². The van der Waals surface area contributed by atoms with Crippen LogP contribution < -0.4 is 20.5 Å². The fourth-order valence-electron chi connectivity index (χ4n) is 2.23. The van der Waals surface area contributed by atoms with Gasteiger partial charge in [-0.15, -0.1) is 0 Å². The van der Waals surface area contributed by atoms with Crippen LogP contribution in [0.2, 0.25) is 0 Å². The van der Waals surface area contributed by atoms with Crippen LogP contribution in [-0.2, 0) is 14.8 Å². The third-order valence-electron chi connectivity index (χ3n) is 3.52. The van der Waals surface area contributed by atoms with Crippen molar-refractivity contribution in [3.8, 4) is 5.75 Å². The fourth-order valence-corrected chi connectivity index (χ4v) is 3.32. The Labute approximate surface area is 158 Å². The molecule has 0 bridgehead atoms. The van der Waals surface area contributed by atoms with E-state index in [1.54, 1.807) is 43.5 Å². The molecule has 8 nitrogen and oxygen atoms in total. The maximum absolute atomic E-state index is 12.6. The summed E-state index contributed by atoms with van der Waals surface area (Å²) in [5.74, 6) is 0.00733. The van der Waals surface area contributed by atoms with Crippen LogP contribution in [0, 0.1) is 0 Å². The molecule has 2 rings (SSSR count). The van der Waals surface area contributed by atoms with Crippen LogP contribution in [0.1, 0.15) is 10.4 Å². The van der Waals surface area contributed by atoms with E-state index in [1.165, 1.54) is 12.1 Å². The van der Waals surface area contributed by atoms with E-state index in [0.29, 0.717) is 30.2 Å². The van der Waals surface area contributed by atoms with Crippen LogP contribution in [-0.4, -0.2) is 47.7 Å². The molecule has 0 aliphatic carbocycles. The lowest BCUT2D eigenvalue weighted by Gasteiger charge is -2.12. The smallest absolute Gasteiger partial charge is 0.259 e. The lowest BCUT2D eigenvalue weighted by molar-refractivity contribution is 0.101. The highest BCUT2D eigenvalue weighted by Gasteiger charge is 2.16. The van der Waals surface area contributed by atoms with Crippen molar-refractivity contribution in [1.82, 2.24) is 4.72 Å². The van der Waals surface area contributed by atoms with E-state index in [0.717, 1.165) is 0 Å². The van der Waals surface area contributed by atoms with E-state index in [1.807, 2.05) is 0 Å². The lowest BCUT2D eigenvalue weighted by atomic mass is 10.2. The third kappa shape index (κ3) is 6.04. The molecular weight excluding hydrogens is 370 g/mol. The molecule has 0 radical (unpaired) electrons. The number of sulfonamides is 1. The van der Waals surface area contributed by atoms with Crippen LogP contribution in [0.5, 0.6) is 5.75 Å². The fraction of sp³-hybridized carbons (Fsp3) is 0.278. The van der Waals surface area contributed by atoms with Crippen molar-refractivity contribution in [2.24, 2.45) is 5.73 Å². The average Bonchev–Trinajstić information content (AvgIpc) is 2.67. The van der Waals surface area contributed by atoms with Crippen LogP contribution in [0.25, 0.3) is 0 Å². The number of nitrogens with one attached hydrogen (secondary N) is 2. The number of ether oxygens (including phenoxy) is 2. The minimum absolute atomic E-state index is 0.0402. The molecule has 0 saturated heterocycles. The van der Waals surface area contributed by atoms with Crippen molar-refractivity contribution in [2.75, 3.05) is 38.7 Å². The first kappa shape index (κ1) is 20.8. The zero-order valence-electron chi connectivity index (χ0n) is 15.0. The van der Waals surface area contributed by atoms with E-state index in [4.69, 9.17) is 15.2 Å². The molecular formula is C18H23N3O5S. The molecule has 0 aliphatic heterocycles. The zero-order valence-corrected chi connectivity index (χ0v) is 15.8. The molecule has 0 heterocycles. The van der Waals surface area contributed by atoms with Crippen molar-refractivity contribution in [2.45, 2.75) is 4.90 Å². The number of methoxy groups -OCH3 is 1. The van der Waals surface area contributed by atoms with Gasteiger partial charge in [-0.2, -0.15) is 0 Å². The molecule has 0 fully saturated rings. The molecule has 1 amide bonds. The Balaban J connectivity index is 2.16. The Hall–Kier alpha value is -2.46. The van der Waals surface area contributed by atoms with Crippen molar-refractivity contribution in [1.29, 1.82) is 0 Å². The number of carbonyl (C=O) groups is 1. The normalized spacial score (nSPS) is 11.2. The molecule has 146 valence electrons. The summed E-state index contributed by atoms with van der Waals surface area (Å²) in [6, 6.07) is 12.8. The number of anilines is 1. The average molecular weight is 393 g/mol. The molecule has 2 aromatic rings. The second-order valence-electron chi connectivity index (χ2n) is 5.51. The molecule has 0 aromatic heterocycles. The molecule has 4 N–H and O–H groups in total. The third-order valence-corrected chi connectivity index (χ3v) is 4.97. The minimum atomic E-state index is -3.69. The summed E-state index contributed by atoms with van der Waals surface area (Å²) in [6.45, 7) is 1.02. The molecule has 0 unspecified atom stereocenters. The number of benzene rings is 2. The lowest BCUT2D eigenvalue weighted by Crippen LogP contribution is -2.29. The predicted octanol–water partition coefficient (Wildman–Crippen LogP) is 1.20. The first-order valence-corrected chi connectivity index (χ1v) is 9.78. The second kappa shape index (κ2) is 10.0. The van der Waals surface area contributed by atoms with Crippen LogP contribution in [0.4, 0.5) is 5.69 Å². The summed E-state index contributed by atoms with van der Waals surface area (Å²) in [4.78, 5) is 12.6. The Kier molecular flexibility index (Phi) is 7.74. The topological polar surface area (TPSA) is 120 Å². The van der Waals surface area contributed by atoms with Gasteiger partial charge in [0.25, 0.3) is 5.91 Å². The minimum Gasteiger partial charge on any atom is -0.490 e. The highest BCUT2D eigenvalue weighted by Crippen LogP contribution is 2.21. The Morgan fingerprint density at radius 1 is 1.11 bits per heavy atom. The van der Waals surface area contributed by atoms with E-state index in [-0.39, 0.29) is 18.0 Å². The maximum Gasteiger partial charge on any atom is 0.259 e. The highest BCUT2D eigenvalue weighted by molar-refractivity contribution is 7.89. The first-order valence-electron chi connectivity index (χ1n) is 8.30. The van der Waals surface area contributed by atoms with Gasteiger partial charge in [0.15, 0.2) is 0 Å². The van der Waals surface area contributed by atoms with Crippen LogP contribution >= 0.6 is 0 Å². The predicted molar refractivity (Wildman–Crippen MR) is 102 cm³/mol. The van der Waals surface area contributed by atoms with Crippen LogP contribution in [0.3, 0.4) is 0 Å². The molecule has 9 heteroatoms. The first-order chi connectivity index (χ1) is 13.0. The number of para-hydroxylation sites is 1. The second-order valence-corrected chi connectivity index (χ2v) is 7.27. The van der Waals surface area contributed by atoms with Crippen molar-refractivity contribution < 1.29 is 22.7 Å². The monoisotopic (exact) mass is 393 g/mol. The number of rotatable bonds is 10. The molecule has 0 aliphatic rings. The molecule has 2 aromatic carbocycles. The van der Waals surface area contributed by atoms with Gasteiger partial charge in [-0.3, -0.25) is 4.79 Å². The quantitative estimate of drug-likeness (QED) is 0.522. The number of carbonyl (C=O) groups excluding carboxylic acids is 1. The van der Waals surface area contributed by atoms with Gasteiger partial charge in [0.05, 0.1) is 17.1 Å². The summed E-state index contributed by atoms with van der Waals surface area (Å²) < 4.78 is 37.2. The number of hydrogen-bond acceptors (Lipinski definition) is 6. The molecule has 0 spiro atoms. The summed E-state index contributed by atoms with van der Waals surface area (Å²) >= 11 is 0. The molecule has 27 heavy (non-hydrogen) atoms. The van der Waals surface area contributed by atoms with E-state index in [9.17, 15) is 13.2 Å². The Morgan fingerprint density at radius 2 is 1.89 bits per heavy atom. The number of amides is 1. The maximum atomic E-state index is 12.6. The van der Waals surface area contributed by atoms with Crippen molar-refractivity contribution in [3.05, 3.63) is 54.1 Å². The SMILES string of the molecule is COCCOc1ccccc1C(=O)Nc1cccc(S(=O)(=O)NCCN)c1. The number of nitrogens with two attached hydrogens (primary N) is 1. The van der Waals surface area contributed by atoms with Crippen molar-refractivity contribution in [3.63, 3.8) is 0 Å². The largest absolute Gasteiger partial charge is 0.490 e. The van der Waals surface area contributed by atoms with Gasteiger partial charge in [-0.1, -0.05) is 18.2 Å². The Bertz CT molecular complexity index is 871. The van der Waals surface area contributed by atoms with Gasteiger partial charge < -0.3 is 20.5 Å². The van der Waals surface area contributed by atoms with Gasteiger partial charge in [-0.25, -0.2) is 13.1 Å². The molecule has 0 saturated carbocycles. The standard InChI is InChI=1S/C18H23N3O5S/c1-25-11-12-26-17-8-3-2-7-16(17)18(22)21-14-5-4-6-15(13-14)27(23,24)20-10-9-19/h2-8,13,20H,9-12,19H2,1H3,(H,21,22). The summed E-state index contributed by atoms with van der Waals surface area (Å²) in [5.41, 5.74) is 6.01. The van der Waals surface area contributed by atoms with E-state index < -0.39 is 15.9 Å².